The summed E-state index contributed by atoms with van der Waals surface area (Å²) in [6.45, 7) is 6.72. The molecule has 0 amide bonds. The molecule has 1 aliphatic heterocycles. The Morgan fingerprint density at radius 3 is 1.71 bits per heavy atom. The summed E-state index contributed by atoms with van der Waals surface area (Å²) in [4.78, 5) is 19.8. The van der Waals surface area contributed by atoms with Crippen LogP contribution in [0.5, 0.6) is 0 Å². The number of rotatable bonds is 4. The van der Waals surface area contributed by atoms with Crippen LogP contribution < -0.4 is 5.32 Å². The molecular formula is C10H17NO3. The molecule has 0 saturated carbocycles. The number of hydrogen-bond acceptors (Lipinski definition) is 4. The van der Waals surface area contributed by atoms with Crippen LogP contribution in [-0.2, 0) is 14.3 Å². The lowest BCUT2D eigenvalue weighted by molar-refractivity contribution is -0.150. The Bertz CT molecular complexity index is 191. The standard InChI is InChI=1S/C6H15N.C4H2O3/c1-3-5-7-6-4-2;5-3-1-2-4(6)7-3/h7H,3-6H2,1-2H3;1-2H. The van der Waals surface area contributed by atoms with E-state index in [0.29, 0.717) is 0 Å². The van der Waals surface area contributed by atoms with Gasteiger partial charge in [-0.25, -0.2) is 9.59 Å². The van der Waals surface area contributed by atoms with Crippen molar-refractivity contribution < 1.29 is 14.3 Å². The second kappa shape index (κ2) is 8.44. The molecule has 0 spiro atoms. The first-order valence-electron chi connectivity index (χ1n) is 4.85. The molecule has 1 aliphatic rings. The van der Waals surface area contributed by atoms with Crippen molar-refractivity contribution in [3.63, 3.8) is 0 Å². The van der Waals surface area contributed by atoms with Gasteiger partial charge in [0.25, 0.3) is 0 Å². The van der Waals surface area contributed by atoms with Crippen molar-refractivity contribution in [2.45, 2.75) is 26.7 Å². The second-order valence-electron chi connectivity index (χ2n) is 2.82. The lowest BCUT2D eigenvalue weighted by atomic mass is 10.4. The van der Waals surface area contributed by atoms with Gasteiger partial charge in [-0.05, 0) is 25.9 Å². The maximum absolute atomic E-state index is 9.92. The van der Waals surface area contributed by atoms with E-state index in [-0.39, 0.29) is 0 Å². The molecule has 80 valence electrons. The summed E-state index contributed by atoms with van der Waals surface area (Å²) in [5.74, 6) is -1.16. The van der Waals surface area contributed by atoms with Crippen LogP contribution in [0.25, 0.3) is 0 Å². The highest BCUT2D eigenvalue weighted by Gasteiger charge is 2.10. The molecule has 0 atom stereocenters. The minimum Gasteiger partial charge on any atom is -0.387 e. The predicted molar refractivity (Wildman–Crippen MR) is 53.7 cm³/mol. The third-order valence-electron chi connectivity index (χ3n) is 1.41. The van der Waals surface area contributed by atoms with E-state index in [1.807, 2.05) is 0 Å². The minimum atomic E-state index is -0.579. The van der Waals surface area contributed by atoms with Gasteiger partial charge in [0, 0.05) is 12.2 Å². The van der Waals surface area contributed by atoms with Crippen LogP contribution in [0.15, 0.2) is 12.2 Å². The first-order valence-corrected chi connectivity index (χ1v) is 4.85. The smallest absolute Gasteiger partial charge is 0.338 e. The van der Waals surface area contributed by atoms with Crippen molar-refractivity contribution in [2.24, 2.45) is 0 Å². The highest BCUT2D eigenvalue weighted by molar-refractivity contribution is 6.04. The van der Waals surface area contributed by atoms with Gasteiger partial charge in [0.1, 0.15) is 0 Å². The molecule has 0 aromatic heterocycles. The van der Waals surface area contributed by atoms with E-state index in [1.54, 1.807) is 0 Å². The Labute approximate surface area is 84.3 Å². The first kappa shape index (κ1) is 12.8. The zero-order chi connectivity index (χ0) is 10.8. The van der Waals surface area contributed by atoms with Crippen molar-refractivity contribution in [1.82, 2.24) is 5.32 Å². The Morgan fingerprint density at radius 1 is 1.07 bits per heavy atom. The summed E-state index contributed by atoms with van der Waals surface area (Å²) in [6.07, 6.45) is 4.67. The van der Waals surface area contributed by atoms with E-state index in [2.05, 4.69) is 23.9 Å². The molecular weight excluding hydrogens is 182 g/mol. The number of cyclic esters (lactones) is 2. The molecule has 0 radical (unpaired) electrons. The highest BCUT2D eigenvalue weighted by Crippen LogP contribution is 1.92. The molecule has 0 fully saturated rings. The lowest BCUT2D eigenvalue weighted by Crippen LogP contribution is -2.14. The van der Waals surface area contributed by atoms with Gasteiger partial charge in [0.2, 0.25) is 0 Å². The largest absolute Gasteiger partial charge is 0.387 e. The van der Waals surface area contributed by atoms with Crippen LogP contribution in [0.2, 0.25) is 0 Å². The number of carbonyl (C=O) groups excluding carboxylic acids is 2. The first-order chi connectivity index (χ1) is 6.70. The maximum Gasteiger partial charge on any atom is 0.338 e. The van der Waals surface area contributed by atoms with Crippen LogP contribution in [0.1, 0.15) is 26.7 Å². The highest BCUT2D eigenvalue weighted by atomic mass is 16.6. The molecule has 0 unspecified atom stereocenters. The molecule has 14 heavy (non-hydrogen) atoms. The fourth-order valence-electron chi connectivity index (χ4n) is 0.782. The molecule has 4 nitrogen and oxygen atoms in total. The zero-order valence-electron chi connectivity index (χ0n) is 8.71. The Balaban J connectivity index is 0.000000241. The molecule has 0 bridgehead atoms. The predicted octanol–water partition coefficient (Wildman–Crippen LogP) is 1.02. The second-order valence-corrected chi connectivity index (χ2v) is 2.82. The third kappa shape index (κ3) is 7.49. The van der Waals surface area contributed by atoms with Gasteiger partial charge in [-0.1, -0.05) is 13.8 Å². The molecule has 1 heterocycles. The Hall–Kier alpha value is -1.16. The van der Waals surface area contributed by atoms with E-state index < -0.39 is 11.9 Å². The number of ether oxygens (including phenoxy) is 1. The van der Waals surface area contributed by atoms with Crippen molar-refractivity contribution in [3.05, 3.63) is 12.2 Å². The average Bonchev–Trinajstić information content (AvgIpc) is 2.52. The van der Waals surface area contributed by atoms with Crippen molar-refractivity contribution in [3.8, 4) is 0 Å². The molecule has 0 saturated heterocycles. The summed E-state index contributed by atoms with van der Waals surface area (Å²) < 4.78 is 3.97. The van der Waals surface area contributed by atoms with Crippen molar-refractivity contribution in [1.29, 1.82) is 0 Å². The number of nitrogens with one attached hydrogen (secondary N) is 1. The van der Waals surface area contributed by atoms with Gasteiger partial charge in [-0.3, -0.25) is 0 Å². The maximum atomic E-state index is 9.92. The van der Waals surface area contributed by atoms with E-state index in [1.165, 1.54) is 25.9 Å². The van der Waals surface area contributed by atoms with Gasteiger partial charge < -0.3 is 10.1 Å². The fraction of sp³-hybridized carbons (Fsp3) is 0.600. The Kier molecular flexibility index (Phi) is 7.74. The monoisotopic (exact) mass is 199 g/mol. The summed E-state index contributed by atoms with van der Waals surface area (Å²) in [5.41, 5.74) is 0. The number of carbonyl (C=O) groups is 2. The van der Waals surface area contributed by atoms with Gasteiger partial charge in [-0.15, -0.1) is 0 Å². The average molecular weight is 199 g/mol. The van der Waals surface area contributed by atoms with Crippen molar-refractivity contribution >= 4 is 11.9 Å². The molecule has 0 aromatic rings. The van der Waals surface area contributed by atoms with Crippen LogP contribution in [-0.4, -0.2) is 25.0 Å². The van der Waals surface area contributed by atoms with Gasteiger partial charge in [0.15, 0.2) is 0 Å². The lowest BCUT2D eigenvalue weighted by Gasteiger charge is -1.95. The third-order valence-corrected chi connectivity index (χ3v) is 1.41. The van der Waals surface area contributed by atoms with Crippen molar-refractivity contribution in [2.75, 3.05) is 13.1 Å². The molecule has 0 aromatic carbocycles. The SMILES string of the molecule is CCCNCCC.O=C1C=CC(=O)O1. The van der Waals surface area contributed by atoms with E-state index in [0.717, 1.165) is 12.2 Å². The van der Waals surface area contributed by atoms with E-state index in [9.17, 15) is 9.59 Å². The molecule has 4 heteroatoms. The van der Waals surface area contributed by atoms with Crippen LogP contribution >= 0.6 is 0 Å². The summed E-state index contributed by atoms with van der Waals surface area (Å²) in [5, 5.41) is 3.28. The minimum absolute atomic E-state index is 0.579. The van der Waals surface area contributed by atoms with Crippen LogP contribution in [0, 0.1) is 0 Å². The molecule has 1 rings (SSSR count). The normalized spacial score (nSPS) is 13.6. The zero-order valence-corrected chi connectivity index (χ0v) is 8.71. The number of hydrogen-bond donors (Lipinski definition) is 1. The molecule has 1 N–H and O–H groups in total. The van der Waals surface area contributed by atoms with Gasteiger partial charge >= 0.3 is 11.9 Å². The van der Waals surface area contributed by atoms with Gasteiger partial charge in [-0.2, -0.15) is 0 Å². The van der Waals surface area contributed by atoms with Gasteiger partial charge in [0.05, 0.1) is 0 Å². The number of esters is 2. The van der Waals surface area contributed by atoms with Crippen LogP contribution in [0.3, 0.4) is 0 Å². The molecule has 0 aliphatic carbocycles. The summed E-state index contributed by atoms with van der Waals surface area (Å²) >= 11 is 0. The summed E-state index contributed by atoms with van der Waals surface area (Å²) in [7, 11) is 0. The van der Waals surface area contributed by atoms with E-state index >= 15 is 0 Å². The Morgan fingerprint density at radius 2 is 1.50 bits per heavy atom. The van der Waals surface area contributed by atoms with Crippen LogP contribution in [0.4, 0.5) is 0 Å². The topological polar surface area (TPSA) is 55.4 Å². The quantitative estimate of drug-likeness (QED) is 0.417. The fourth-order valence-corrected chi connectivity index (χ4v) is 0.782. The van der Waals surface area contributed by atoms with E-state index in [4.69, 9.17) is 0 Å². The summed E-state index contributed by atoms with van der Waals surface area (Å²) in [6, 6.07) is 0.